The molecule has 1 N–H and O–H groups in total. The van der Waals surface area contributed by atoms with Crippen LogP contribution in [-0.2, 0) is 4.65 Å². The molecule has 22 heavy (non-hydrogen) atoms. The topological polar surface area (TPSA) is 48.8 Å². The van der Waals surface area contributed by atoms with Crippen LogP contribution in [0.2, 0.25) is 0 Å². The molecule has 0 amide bonds. The fourth-order valence-corrected chi connectivity index (χ4v) is 2.23. The zero-order valence-corrected chi connectivity index (χ0v) is 14.5. The lowest BCUT2D eigenvalue weighted by molar-refractivity contribution is -0.0893. The van der Waals surface area contributed by atoms with Crippen LogP contribution in [0.3, 0.4) is 0 Å². The van der Waals surface area contributed by atoms with Gasteiger partial charge in [0.1, 0.15) is 0 Å². The van der Waals surface area contributed by atoms with E-state index in [4.69, 9.17) is 4.65 Å². The standard InChI is InChI=1S/C16H28BN3O2/c1-15(2,21)16(3,4)22-17-13-10-14(12-18-11-13)20-8-6-19(5)7-9-20/h10-12,17,21H,6-9H2,1-5H3. The largest absolute Gasteiger partial charge is 0.427 e. The Morgan fingerprint density at radius 3 is 2.36 bits per heavy atom. The minimum absolute atomic E-state index is 0.450. The molecule has 1 aliphatic heterocycles. The van der Waals surface area contributed by atoms with E-state index in [0.717, 1.165) is 37.3 Å². The number of aliphatic hydroxyl groups is 1. The molecule has 6 heteroatoms. The van der Waals surface area contributed by atoms with E-state index >= 15 is 0 Å². The van der Waals surface area contributed by atoms with Crippen LogP contribution in [0.4, 0.5) is 5.69 Å². The maximum atomic E-state index is 10.2. The van der Waals surface area contributed by atoms with Crippen molar-refractivity contribution >= 4 is 18.6 Å². The smallest absolute Gasteiger partial charge is 0.311 e. The Bertz CT molecular complexity index is 494. The number of rotatable bonds is 5. The zero-order valence-electron chi connectivity index (χ0n) is 14.5. The van der Waals surface area contributed by atoms with Crippen LogP contribution in [0.25, 0.3) is 0 Å². The van der Waals surface area contributed by atoms with Gasteiger partial charge in [0.25, 0.3) is 0 Å². The number of piperazine rings is 1. The molecule has 1 fully saturated rings. The third-order valence-corrected chi connectivity index (χ3v) is 4.72. The molecular formula is C16H28BN3O2. The van der Waals surface area contributed by atoms with Crippen LogP contribution in [-0.4, -0.2) is 66.9 Å². The molecule has 0 aromatic carbocycles. The molecule has 1 aromatic heterocycles. The van der Waals surface area contributed by atoms with Crippen molar-refractivity contribution in [2.75, 3.05) is 38.1 Å². The van der Waals surface area contributed by atoms with Gasteiger partial charge in [-0.1, -0.05) is 0 Å². The van der Waals surface area contributed by atoms with Crippen molar-refractivity contribution in [3.05, 3.63) is 18.5 Å². The highest BCUT2D eigenvalue weighted by Crippen LogP contribution is 2.24. The van der Waals surface area contributed by atoms with E-state index in [2.05, 4.69) is 27.9 Å². The molecule has 5 nitrogen and oxygen atoms in total. The van der Waals surface area contributed by atoms with E-state index in [0.29, 0.717) is 7.48 Å². The van der Waals surface area contributed by atoms with Gasteiger partial charge in [-0.05, 0) is 46.3 Å². The molecule has 1 aromatic rings. The fraction of sp³-hybridized carbons (Fsp3) is 0.688. The van der Waals surface area contributed by atoms with Gasteiger partial charge in [-0.15, -0.1) is 0 Å². The van der Waals surface area contributed by atoms with Crippen molar-refractivity contribution in [1.82, 2.24) is 9.88 Å². The van der Waals surface area contributed by atoms with Crippen LogP contribution in [0.1, 0.15) is 27.7 Å². The van der Waals surface area contributed by atoms with Gasteiger partial charge in [0.05, 0.1) is 23.1 Å². The van der Waals surface area contributed by atoms with Crippen molar-refractivity contribution in [3.8, 4) is 0 Å². The molecule has 122 valence electrons. The molecule has 1 aliphatic rings. The van der Waals surface area contributed by atoms with Crippen LogP contribution < -0.4 is 10.4 Å². The van der Waals surface area contributed by atoms with Crippen LogP contribution in [0.5, 0.6) is 0 Å². The number of nitrogens with zero attached hydrogens (tertiary/aromatic N) is 3. The lowest BCUT2D eigenvalue weighted by Crippen LogP contribution is -2.49. The highest BCUT2D eigenvalue weighted by Gasteiger charge is 2.35. The number of pyridine rings is 1. The zero-order chi connectivity index (χ0) is 16.4. The summed E-state index contributed by atoms with van der Waals surface area (Å²) in [6.07, 6.45) is 3.75. The van der Waals surface area contributed by atoms with E-state index in [9.17, 15) is 5.11 Å². The maximum Gasteiger partial charge on any atom is 0.311 e. The van der Waals surface area contributed by atoms with Crippen molar-refractivity contribution in [1.29, 1.82) is 0 Å². The summed E-state index contributed by atoms with van der Waals surface area (Å²) in [7, 11) is 2.60. The second kappa shape index (κ2) is 6.56. The molecule has 2 rings (SSSR count). The van der Waals surface area contributed by atoms with E-state index < -0.39 is 11.2 Å². The normalized spacial score (nSPS) is 17.6. The second-order valence-corrected chi connectivity index (χ2v) is 7.20. The Morgan fingerprint density at radius 2 is 1.77 bits per heavy atom. The van der Waals surface area contributed by atoms with Gasteiger partial charge in [0.2, 0.25) is 0 Å². The molecule has 0 aliphatic carbocycles. The van der Waals surface area contributed by atoms with Gasteiger partial charge < -0.3 is 19.6 Å². The maximum absolute atomic E-state index is 10.2. The van der Waals surface area contributed by atoms with Crippen molar-refractivity contribution in [2.45, 2.75) is 38.9 Å². The number of hydrogen-bond acceptors (Lipinski definition) is 5. The van der Waals surface area contributed by atoms with E-state index in [-0.39, 0.29) is 0 Å². The average Bonchev–Trinajstić information content (AvgIpc) is 2.45. The van der Waals surface area contributed by atoms with E-state index in [1.54, 1.807) is 13.8 Å². The highest BCUT2D eigenvalue weighted by molar-refractivity contribution is 6.47. The van der Waals surface area contributed by atoms with E-state index in [1.165, 1.54) is 0 Å². The van der Waals surface area contributed by atoms with Gasteiger partial charge in [-0.25, -0.2) is 0 Å². The first-order chi connectivity index (χ1) is 10.2. The third kappa shape index (κ3) is 4.21. The molecular weight excluding hydrogens is 277 g/mol. The van der Waals surface area contributed by atoms with Gasteiger partial charge >= 0.3 is 7.48 Å². The molecule has 0 saturated carbocycles. The third-order valence-electron chi connectivity index (χ3n) is 4.72. The Kier molecular flexibility index (Phi) is 5.15. The van der Waals surface area contributed by atoms with Crippen LogP contribution >= 0.6 is 0 Å². The van der Waals surface area contributed by atoms with Gasteiger partial charge in [0, 0.05) is 32.4 Å². The van der Waals surface area contributed by atoms with Crippen molar-refractivity contribution in [3.63, 3.8) is 0 Å². The summed E-state index contributed by atoms with van der Waals surface area (Å²) >= 11 is 0. The predicted molar refractivity (Wildman–Crippen MR) is 92.2 cm³/mol. The summed E-state index contributed by atoms with van der Waals surface area (Å²) in [6.45, 7) is 11.6. The first kappa shape index (κ1) is 17.3. The number of anilines is 1. The Balaban J connectivity index is 2.00. The van der Waals surface area contributed by atoms with Gasteiger partial charge in [0.15, 0.2) is 0 Å². The summed E-state index contributed by atoms with van der Waals surface area (Å²) in [5.41, 5.74) is 0.677. The minimum Gasteiger partial charge on any atom is -0.427 e. The molecule has 0 atom stereocenters. The van der Waals surface area contributed by atoms with Crippen molar-refractivity contribution < 1.29 is 9.76 Å². The highest BCUT2D eigenvalue weighted by atomic mass is 16.5. The van der Waals surface area contributed by atoms with Crippen LogP contribution in [0.15, 0.2) is 18.5 Å². The summed E-state index contributed by atoms with van der Waals surface area (Å²) in [6, 6.07) is 2.14. The molecule has 2 heterocycles. The fourth-order valence-electron chi connectivity index (χ4n) is 2.23. The van der Waals surface area contributed by atoms with Gasteiger partial charge in [-0.3, -0.25) is 4.98 Å². The van der Waals surface area contributed by atoms with Gasteiger partial charge in [-0.2, -0.15) is 0 Å². The summed E-state index contributed by atoms with van der Waals surface area (Å²) in [4.78, 5) is 9.04. The number of aromatic nitrogens is 1. The number of hydrogen-bond donors (Lipinski definition) is 1. The molecule has 0 unspecified atom stereocenters. The minimum atomic E-state index is -0.893. The van der Waals surface area contributed by atoms with Crippen LogP contribution in [0, 0.1) is 0 Å². The number of likely N-dealkylation sites (N-methyl/N-ethyl adjacent to an activating group) is 1. The van der Waals surface area contributed by atoms with E-state index in [1.807, 2.05) is 26.2 Å². The first-order valence-corrected chi connectivity index (χ1v) is 7.93. The Hall–Kier alpha value is -1.11. The Labute approximate surface area is 134 Å². The summed E-state index contributed by atoms with van der Waals surface area (Å²) < 4.78 is 5.92. The summed E-state index contributed by atoms with van der Waals surface area (Å²) in [5.74, 6) is 0. The quantitative estimate of drug-likeness (QED) is 0.797. The van der Waals surface area contributed by atoms with Crippen molar-refractivity contribution in [2.24, 2.45) is 0 Å². The first-order valence-electron chi connectivity index (χ1n) is 7.93. The average molecular weight is 305 g/mol. The second-order valence-electron chi connectivity index (χ2n) is 7.20. The lowest BCUT2D eigenvalue weighted by atomic mass is 9.83. The lowest BCUT2D eigenvalue weighted by Gasteiger charge is -2.37. The molecule has 0 bridgehead atoms. The molecule has 0 spiro atoms. The Morgan fingerprint density at radius 1 is 1.14 bits per heavy atom. The monoisotopic (exact) mass is 305 g/mol. The predicted octanol–water partition coefficient (Wildman–Crippen LogP) is 0.376. The molecule has 1 saturated heterocycles. The summed E-state index contributed by atoms with van der Waals surface area (Å²) in [5, 5.41) is 10.2. The SMILES string of the molecule is CN1CCN(c2cncc(BOC(C)(C)C(C)(C)O)c2)CC1. The molecule has 0 radical (unpaired) electrons.